The molecule has 0 radical (unpaired) electrons. The first-order valence-corrected chi connectivity index (χ1v) is 8.24. The Morgan fingerprint density at radius 3 is 2.33 bits per heavy atom. The van der Waals surface area contributed by atoms with E-state index in [9.17, 15) is 8.42 Å². The second-order valence-electron chi connectivity index (χ2n) is 4.56. The zero-order valence-electron chi connectivity index (χ0n) is 11.5. The van der Waals surface area contributed by atoms with Crippen LogP contribution in [0.2, 0.25) is 10.0 Å². The van der Waals surface area contributed by atoms with Crippen molar-refractivity contribution in [1.82, 2.24) is 0 Å². The molecule has 112 valence electrons. The number of benzene rings is 2. The number of halogens is 2. The summed E-state index contributed by atoms with van der Waals surface area (Å²) in [5.41, 5.74) is 7.19. The van der Waals surface area contributed by atoms with Crippen LogP contribution in [-0.2, 0) is 10.0 Å². The average Bonchev–Trinajstić information content (AvgIpc) is 2.36. The van der Waals surface area contributed by atoms with Crippen molar-refractivity contribution in [1.29, 1.82) is 0 Å². The van der Waals surface area contributed by atoms with Crippen molar-refractivity contribution in [2.45, 2.75) is 11.8 Å². The lowest BCUT2D eigenvalue weighted by Gasteiger charge is -2.22. The molecule has 0 unspecified atom stereocenters. The van der Waals surface area contributed by atoms with Gasteiger partial charge in [-0.3, -0.25) is 4.31 Å². The van der Waals surface area contributed by atoms with Gasteiger partial charge >= 0.3 is 0 Å². The van der Waals surface area contributed by atoms with Crippen molar-refractivity contribution in [2.75, 3.05) is 17.1 Å². The highest BCUT2D eigenvalue weighted by Crippen LogP contribution is 2.35. The minimum absolute atomic E-state index is 0.000402. The summed E-state index contributed by atoms with van der Waals surface area (Å²) in [5, 5.41) is 0.287. The largest absolute Gasteiger partial charge is 0.398 e. The van der Waals surface area contributed by atoms with Crippen LogP contribution in [0.25, 0.3) is 0 Å². The highest BCUT2D eigenvalue weighted by atomic mass is 35.5. The molecule has 0 amide bonds. The molecule has 0 saturated carbocycles. The van der Waals surface area contributed by atoms with Gasteiger partial charge < -0.3 is 5.73 Å². The fourth-order valence-electron chi connectivity index (χ4n) is 2.04. The van der Waals surface area contributed by atoms with Crippen LogP contribution in [-0.4, -0.2) is 15.5 Å². The van der Waals surface area contributed by atoms with E-state index in [0.29, 0.717) is 5.69 Å². The Morgan fingerprint density at radius 2 is 1.76 bits per heavy atom. The number of hydrogen-bond donors (Lipinski definition) is 1. The maximum Gasteiger partial charge on any atom is 0.267 e. The number of aryl methyl sites for hydroxylation is 1. The predicted molar refractivity (Wildman–Crippen MR) is 87.6 cm³/mol. The summed E-state index contributed by atoms with van der Waals surface area (Å²) in [6, 6.07) is 9.87. The van der Waals surface area contributed by atoms with Gasteiger partial charge in [-0.25, -0.2) is 8.42 Å². The summed E-state index contributed by atoms with van der Waals surface area (Å²) in [6.07, 6.45) is 0. The first-order valence-electron chi connectivity index (χ1n) is 6.04. The maximum absolute atomic E-state index is 12.8. The van der Waals surface area contributed by atoms with Crippen LogP contribution in [0.4, 0.5) is 11.4 Å². The summed E-state index contributed by atoms with van der Waals surface area (Å²) in [6.45, 7) is 1.83. The second kappa shape index (κ2) is 5.75. The van der Waals surface area contributed by atoms with Crippen LogP contribution in [0.3, 0.4) is 0 Å². The Hall–Kier alpha value is -1.43. The third kappa shape index (κ3) is 2.95. The Kier molecular flexibility index (Phi) is 4.37. The number of nitrogens with two attached hydrogens (primary N) is 1. The molecule has 4 nitrogen and oxygen atoms in total. The van der Waals surface area contributed by atoms with Gasteiger partial charge in [0.1, 0.15) is 4.90 Å². The van der Waals surface area contributed by atoms with Gasteiger partial charge in [0, 0.05) is 12.1 Å². The molecular formula is C14H14Cl2N2O2S. The van der Waals surface area contributed by atoms with Gasteiger partial charge in [-0.1, -0.05) is 41.4 Å². The monoisotopic (exact) mass is 344 g/mol. The number of hydrogen-bond acceptors (Lipinski definition) is 3. The second-order valence-corrected chi connectivity index (χ2v) is 7.31. The molecule has 0 bridgehead atoms. The van der Waals surface area contributed by atoms with Gasteiger partial charge in [-0.2, -0.15) is 0 Å². The lowest BCUT2D eigenvalue weighted by molar-refractivity contribution is 0.594. The van der Waals surface area contributed by atoms with Gasteiger partial charge in [-0.15, -0.1) is 0 Å². The third-order valence-electron chi connectivity index (χ3n) is 3.11. The van der Waals surface area contributed by atoms with Crippen molar-refractivity contribution >= 4 is 44.6 Å². The zero-order chi connectivity index (χ0) is 15.8. The molecule has 0 aliphatic carbocycles. The van der Waals surface area contributed by atoms with Gasteiger partial charge in [-0.05, 0) is 30.7 Å². The van der Waals surface area contributed by atoms with Crippen LogP contribution in [0, 0.1) is 6.92 Å². The van der Waals surface area contributed by atoms with E-state index in [4.69, 9.17) is 28.9 Å². The lowest BCUT2D eigenvalue weighted by atomic mass is 10.2. The molecule has 7 heteroatoms. The SMILES string of the molecule is Cc1ccccc1N(C)S(=O)(=O)c1c(N)cc(Cl)cc1Cl. The molecule has 0 spiro atoms. The van der Waals surface area contributed by atoms with E-state index in [1.165, 1.54) is 19.2 Å². The Morgan fingerprint density at radius 1 is 1.14 bits per heavy atom. The first-order chi connectivity index (χ1) is 9.75. The Balaban J connectivity index is 2.61. The molecule has 2 aromatic carbocycles. The molecular weight excluding hydrogens is 331 g/mol. The fourth-order valence-corrected chi connectivity index (χ4v) is 4.24. The number of rotatable bonds is 3. The highest BCUT2D eigenvalue weighted by Gasteiger charge is 2.27. The van der Waals surface area contributed by atoms with E-state index < -0.39 is 10.0 Å². The predicted octanol–water partition coefficient (Wildman–Crippen LogP) is 3.71. The number of para-hydroxylation sites is 1. The van der Waals surface area contributed by atoms with E-state index in [2.05, 4.69) is 0 Å². The molecule has 0 fully saturated rings. The fraction of sp³-hybridized carbons (Fsp3) is 0.143. The molecule has 0 heterocycles. The van der Waals surface area contributed by atoms with Gasteiger partial charge in [0.25, 0.3) is 10.0 Å². The van der Waals surface area contributed by atoms with Gasteiger partial charge in [0.2, 0.25) is 0 Å². The maximum atomic E-state index is 12.8. The number of anilines is 2. The summed E-state index contributed by atoms with van der Waals surface area (Å²) >= 11 is 11.8. The minimum atomic E-state index is -3.87. The minimum Gasteiger partial charge on any atom is -0.398 e. The van der Waals surface area contributed by atoms with Crippen LogP contribution in [0.15, 0.2) is 41.3 Å². The van der Waals surface area contributed by atoms with Crippen molar-refractivity contribution in [3.8, 4) is 0 Å². The van der Waals surface area contributed by atoms with Crippen molar-refractivity contribution in [3.05, 3.63) is 52.0 Å². The Labute approximate surface area is 134 Å². The third-order valence-corrected chi connectivity index (χ3v) is 5.63. The summed E-state index contributed by atoms with van der Waals surface area (Å²) in [7, 11) is -2.41. The van der Waals surface area contributed by atoms with E-state index in [0.717, 1.165) is 9.87 Å². The van der Waals surface area contributed by atoms with Crippen LogP contribution in [0.5, 0.6) is 0 Å². The highest BCUT2D eigenvalue weighted by molar-refractivity contribution is 7.93. The van der Waals surface area contributed by atoms with Crippen LogP contribution in [0.1, 0.15) is 5.56 Å². The molecule has 0 aliphatic heterocycles. The molecule has 2 aromatic rings. The molecule has 0 atom stereocenters. The van der Waals surface area contributed by atoms with Crippen molar-refractivity contribution < 1.29 is 8.42 Å². The topological polar surface area (TPSA) is 63.4 Å². The quantitative estimate of drug-likeness (QED) is 0.863. The summed E-state index contributed by atoms with van der Waals surface area (Å²) in [4.78, 5) is -0.140. The lowest BCUT2D eigenvalue weighted by Crippen LogP contribution is -2.28. The van der Waals surface area contributed by atoms with E-state index >= 15 is 0 Å². The van der Waals surface area contributed by atoms with E-state index in [1.54, 1.807) is 12.1 Å². The molecule has 21 heavy (non-hydrogen) atoms. The number of nitrogens with zero attached hydrogens (tertiary/aromatic N) is 1. The van der Waals surface area contributed by atoms with Crippen molar-refractivity contribution in [3.63, 3.8) is 0 Å². The standard InChI is InChI=1S/C14H14Cl2N2O2S/c1-9-5-3-4-6-13(9)18(2)21(19,20)14-11(16)7-10(15)8-12(14)17/h3-8H,17H2,1-2H3. The van der Waals surface area contributed by atoms with Crippen LogP contribution < -0.4 is 10.0 Å². The van der Waals surface area contributed by atoms with Crippen molar-refractivity contribution in [2.24, 2.45) is 0 Å². The molecule has 0 aromatic heterocycles. The van der Waals surface area contributed by atoms with Gasteiger partial charge in [0.05, 0.1) is 16.4 Å². The molecule has 0 aliphatic rings. The van der Waals surface area contributed by atoms with E-state index in [-0.39, 0.29) is 20.6 Å². The van der Waals surface area contributed by atoms with Crippen LogP contribution >= 0.6 is 23.2 Å². The molecule has 2 N–H and O–H groups in total. The molecule has 0 saturated heterocycles. The smallest absolute Gasteiger partial charge is 0.267 e. The number of nitrogen functional groups attached to an aromatic ring is 1. The summed E-state index contributed by atoms with van der Waals surface area (Å²) < 4.78 is 26.7. The zero-order valence-corrected chi connectivity index (χ0v) is 13.8. The first kappa shape index (κ1) is 15.9. The Bertz CT molecular complexity index is 768. The number of sulfonamides is 1. The normalized spacial score (nSPS) is 11.4. The average molecular weight is 345 g/mol. The van der Waals surface area contributed by atoms with E-state index in [1.807, 2.05) is 19.1 Å². The molecule has 2 rings (SSSR count). The summed E-state index contributed by atoms with van der Waals surface area (Å²) in [5.74, 6) is 0. The van der Waals surface area contributed by atoms with Gasteiger partial charge in [0.15, 0.2) is 0 Å².